The second-order valence-electron chi connectivity index (χ2n) is 6.53. The summed E-state index contributed by atoms with van der Waals surface area (Å²) in [7, 11) is -3.57. The molecule has 0 aliphatic rings. The van der Waals surface area contributed by atoms with Crippen LogP contribution in [0.25, 0.3) is 10.2 Å². The zero-order chi connectivity index (χ0) is 21.0. The molecule has 0 spiro atoms. The lowest BCUT2D eigenvalue weighted by molar-refractivity contribution is -0.117. The minimum atomic E-state index is -3.57. The third-order valence-corrected chi connectivity index (χ3v) is 7.95. The largest absolute Gasteiger partial charge is 0.316 e. The van der Waals surface area contributed by atoms with Crippen molar-refractivity contribution >= 4 is 60.7 Å². The van der Waals surface area contributed by atoms with Crippen molar-refractivity contribution in [2.45, 2.75) is 24.8 Å². The maximum Gasteiger partial charge on any atom is 0.249 e. The van der Waals surface area contributed by atoms with Crippen molar-refractivity contribution in [2.24, 2.45) is 4.99 Å². The van der Waals surface area contributed by atoms with E-state index in [4.69, 9.17) is 11.6 Å². The van der Waals surface area contributed by atoms with Crippen LogP contribution in [0.2, 0.25) is 5.02 Å². The summed E-state index contributed by atoms with van der Waals surface area (Å²) in [6.07, 6.45) is 1.86. The van der Waals surface area contributed by atoms with Gasteiger partial charge in [-0.15, -0.1) is 0 Å². The van der Waals surface area contributed by atoms with E-state index in [9.17, 15) is 13.2 Å². The molecule has 0 radical (unpaired) electrons. The van der Waals surface area contributed by atoms with Crippen molar-refractivity contribution < 1.29 is 13.2 Å². The lowest BCUT2D eigenvalue weighted by atomic mass is 10.2. The summed E-state index contributed by atoms with van der Waals surface area (Å²) in [6.45, 7) is 2.76. The van der Waals surface area contributed by atoms with Gasteiger partial charge in [0.1, 0.15) is 0 Å². The molecule has 29 heavy (non-hydrogen) atoms. The molecule has 0 N–H and O–H groups in total. The molecule has 9 heteroatoms. The molecule has 0 atom stereocenters. The third-order valence-electron chi connectivity index (χ3n) is 4.34. The van der Waals surface area contributed by atoms with Crippen LogP contribution in [0.1, 0.15) is 12.0 Å². The van der Waals surface area contributed by atoms with Crippen LogP contribution in [0, 0.1) is 6.92 Å². The van der Waals surface area contributed by atoms with Gasteiger partial charge in [-0.1, -0.05) is 29.0 Å². The molecule has 0 aliphatic carbocycles. The van der Waals surface area contributed by atoms with Crippen LogP contribution in [-0.4, -0.2) is 36.7 Å². The molecule has 0 aliphatic heterocycles. The fraction of sp³-hybridized carbons (Fsp3) is 0.300. The summed E-state index contributed by atoms with van der Waals surface area (Å²) in [5.41, 5.74) is 2.18. The van der Waals surface area contributed by atoms with E-state index >= 15 is 0 Å². The van der Waals surface area contributed by atoms with Gasteiger partial charge < -0.3 is 4.57 Å². The molecule has 5 nitrogen and oxygen atoms in total. The number of sulfone groups is 1. The van der Waals surface area contributed by atoms with Gasteiger partial charge in [0, 0.05) is 23.7 Å². The molecule has 3 rings (SSSR count). The number of thioether (sulfide) groups is 1. The fourth-order valence-corrected chi connectivity index (χ4v) is 5.70. The molecule has 0 unspecified atom stereocenters. The number of carbonyl (C=O) groups is 1. The molecule has 0 fully saturated rings. The number of hydrogen-bond acceptors (Lipinski definition) is 5. The topological polar surface area (TPSA) is 68.5 Å². The number of aryl methyl sites for hydroxylation is 2. The highest BCUT2D eigenvalue weighted by atomic mass is 35.5. The van der Waals surface area contributed by atoms with Crippen LogP contribution in [0.3, 0.4) is 0 Å². The minimum absolute atomic E-state index is 0.155. The molecule has 1 aromatic heterocycles. The predicted octanol–water partition coefficient (Wildman–Crippen LogP) is 4.32. The smallest absolute Gasteiger partial charge is 0.249 e. The number of fused-ring (bicyclic) bond motifs is 1. The van der Waals surface area contributed by atoms with Crippen molar-refractivity contribution in [3.63, 3.8) is 0 Å². The Balaban J connectivity index is 1.84. The quantitative estimate of drug-likeness (QED) is 0.517. The molecule has 1 heterocycles. The molecule has 0 saturated carbocycles. The molecule has 2 aromatic carbocycles. The monoisotopic (exact) mass is 468 g/mol. The number of amides is 1. The van der Waals surface area contributed by atoms with Gasteiger partial charge in [-0.2, -0.15) is 16.8 Å². The van der Waals surface area contributed by atoms with Crippen LogP contribution in [-0.2, 0) is 21.2 Å². The zero-order valence-electron chi connectivity index (χ0n) is 16.1. The Morgan fingerprint density at radius 3 is 2.62 bits per heavy atom. The second-order valence-corrected chi connectivity index (χ2v) is 11.1. The van der Waals surface area contributed by atoms with E-state index in [-0.39, 0.29) is 17.1 Å². The molecule has 154 valence electrons. The molecule has 3 aromatic rings. The van der Waals surface area contributed by atoms with E-state index in [0.29, 0.717) is 9.82 Å². The van der Waals surface area contributed by atoms with Crippen molar-refractivity contribution in [3.05, 3.63) is 57.9 Å². The molecule has 0 saturated heterocycles. The normalized spacial score (nSPS) is 12.6. The third kappa shape index (κ3) is 5.51. The summed E-state index contributed by atoms with van der Waals surface area (Å²) < 4.78 is 28.0. The van der Waals surface area contributed by atoms with E-state index in [0.717, 1.165) is 28.1 Å². The van der Waals surface area contributed by atoms with E-state index in [1.165, 1.54) is 35.6 Å². The minimum Gasteiger partial charge on any atom is -0.316 e. The maximum atomic E-state index is 12.5. The number of carbonyl (C=O) groups excluding carboxylic acids is 1. The van der Waals surface area contributed by atoms with Crippen molar-refractivity contribution in [1.82, 2.24) is 4.57 Å². The Labute approximate surface area is 183 Å². The summed E-state index contributed by atoms with van der Waals surface area (Å²) in [4.78, 5) is 17.4. The average Bonchev–Trinajstić information content (AvgIpc) is 3.01. The lowest BCUT2D eigenvalue weighted by Crippen LogP contribution is -2.19. The zero-order valence-corrected chi connectivity index (χ0v) is 19.3. The Morgan fingerprint density at radius 2 is 1.93 bits per heavy atom. The first kappa shape index (κ1) is 22.1. The van der Waals surface area contributed by atoms with Crippen LogP contribution in [0.4, 0.5) is 0 Å². The first-order valence-electron chi connectivity index (χ1n) is 8.95. The number of halogens is 1. The predicted molar refractivity (Wildman–Crippen MR) is 122 cm³/mol. The second kappa shape index (κ2) is 9.47. The number of aromatic nitrogens is 1. The van der Waals surface area contributed by atoms with Gasteiger partial charge >= 0.3 is 0 Å². The van der Waals surface area contributed by atoms with Crippen LogP contribution in [0.15, 0.2) is 52.4 Å². The average molecular weight is 469 g/mol. The molecular formula is C20H21ClN2O3S3. The van der Waals surface area contributed by atoms with Gasteiger partial charge in [0.15, 0.2) is 14.6 Å². The highest BCUT2D eigenvalue weighted by Crippen LogP contribution is 2.20. The Morgan fingerprint density at radius 1 is 1.21 bits per heavy atom. The van der Waals surface area contributed by atoms with Gasteiger partial charge in [0.25, 0.3) is 0 Å². The lowest BCUT2D eigenvalue weighted by Gasteiger charge is -2.04. The molecule has 0 bridgehead atoms. The summed E-state index contributed by atoms with van der Waals surface area (Å²) in [5.74, 6) is 0.168. The van der Waals surface area contributed by atoms with Crippen molar-refractivity contribution in [1.29, 1.82) is 0 Å². The van der Waals surface area contributed by atoms with E-state index in [1.54, 1.807) is 11.8 Å². The Hall–Kier alpha value is -1.61. The van der Waals surface area contributed by atoms with Gasteiger partial charge in [0.2, 0.25) is 5.91 Å². The number of benzene rings is 2. The maximum absolute atomic E-state index is 12.5. The highest BCUT2D eigenvalue weighted by molar-refractivity contribution is 7.98. The van der Waals surface area contributed by atoms with Crippen LogP contribution < -0.4 is 4.80 Å². The van der Waals surface area contributed by atoms with Crippen molar-refractivity contribution in [3.8, 4) is 0 Å². The first-order valence-corrected chi connectivity index (χ1v) is 13.2. The van der Waals surface area contributed by atoms with Crippen LogP contribution in [0.5, 0.6) is 0 Å². The summed E-state index contributed by atoms with van der Waals surface area (Å²) in [5, 5.41) is 0.463. The Kier molecular flexibility index (Phi) is 7.21. The number of nitrogens with zero attached hydrogens (tertiary/aromatic N) is 2. The first-order chi connectivity index (χ1) is 13.8. The van der Waals surface area contributed by atoms with E-state index in [2.05, 4.69) is 11.1 Å². The van der Waals surface area contributed by atoms with Gasteiger partial charge in [-0.05, 0) is 55.1 Å². The number of hydrogen-bond donors (Lipinski definition) is 0. The van der Waals surface area contributed by atoms with Gasteiger partial charge in [-0.25, -0.2) is 8.42 Å². The standard InChI is InChI=1S/C20H21ClN2O3S3/c1-14-3-8-17-18(13-14)28-20(23(17)10-11-27-2)22-19(24)9-12-29(25,26)16-6-4-15(21)5-7-16/h3-8,13H,9-12H2,1-2H3. The van der Waals surface area contributed by atoms with E-state index in [1.807, 2.05) is 29.9 Å². The molecular weight excluding hydrogens is 448 g/mol. The van der Waals surface area contributed by atoms with Gasteiger partial charge in [-0.3, -0.25) is 4.79 Å². The number of thiazole rings is 1. The number of rotatable bonds is 7. The molecule has 1 amide bonds. The Bertz CT molecular complexity index is 1200. The SMILES string of the molecule is CSCCn1c(=NC(=O)CCS(=O)(=O)c2ccc(Cl)cc2)sc2cc(C)ccc21. The fourth-order valence-electron chi connectivity index (χ4n) is 2.81. The summed E-state index contributed by atoms with van der Waals surface area (Å²) >= 11 is 8.98. The summed E-state index contributed by atoms with van der Waals surface area (Å²) in [6, 6.07) is 12.1. The van der Waals surface area contributed by atoms with Crippen LogP contribution >= 0.6 is 34.7 Å². The highest BCUT2D eigenvalue weighted by Gasteiger charge is 2.17. The van der Waals surface area contributed by atoms with E-state index < -0.39 is 15.7 Å². The van der Waals surface area contributed by atoms with Gasteiger partial charge in [0.05, 0.1) is 20.9 Å². The van der Waals surface area contributed by atoms with Crippen molar-refractivity contribution in [2.75, 3.05) is 17.8 Å².